The molecule has 4 heteroatoms. The summed E-state index contributed by atoms with van der Waals surface area (Å²) < 4.78 is 15.0. The van der Waals surface area contributed by atoms with Gasteiger partial charge in [-0.1, -0.05) is 23.7 Å². The summed E-state index contributed by atoms with van der Waals surface area (Å²) >= 11 is 5.93. The molecule has 83 valence electrons. The molecule has 0 aliphatic carbocycles. The molecule has 0 fully saturated rings. The van der Waals surface area contributed by atoms with Gasteiger partial charge in [-0.3, -0.25) is 4.40 Å². The number of hydrogen-bond donors (Lipinski definition) is 0. The minimum absolute atomic E-state index is 0.284. The Balaban J connectivity index is 2.27. The average molecular weight is 246 g/mol. The maximum Gasteiger partial charge on any atom is 0.138 e. The van der Waals surface area contributed by atoms with Crippen molar-refractivity contribution in [3.05, 3.63) is 59.6 Å². The van der Waals surface area contributed by atoms with Gasteiger partial charge in [-0.15, -0.1) is 0 Å². The van der Waals surface area contributed by atoms with Gasteiger partial charge in [0.25, 0.3) is 0 Å². The van der Waals surface area contributed by atoms with Crippen LogP contribution >= 0.6 is 11.6 Å². The number of pyridine rings is 1. The van der Waals surface area contributed by atoms with E-state index in [9.17, 15) is 4.39 Å². The fraction of sp³-hybridized carbons (Fsp3) is 0. The summed E-state index contributed by atoms with van der Waals surface area (Å²) in [5.74, 6) is -0.284. The van der Waals surface area contributed by atoms with Gasteiger partial charge in [-0.25, -0.2) is 9.37 Å². The number of nitrogens with zero attached hydrogens (tertiary/aromatic N) is 2. The van der Waals surface area contributed by atoms with Gasteiger partial charge in [0.05, 0.1) is 10.7 Å². The van der Waals surface area contributed by atoms with Crippen LogP contribution < -0.4 is 0 Å². The van der Waals surface area contributed by atoms with Crippen LogP contribution in [0.2, 0.25) is 5.02 Å². The lowest BCUT2D eigenvalue weighted by Crippen LogP contribution is -1.88. The zero-order valence-electron chi connectivity index (χ0n) is 8.69. The lowest BCUT2D eigenvalue weighted by Gasteiger charge is -2.02. The Morgan fingerprint density at radius 2 is 2.12 bits per heavy atom. The molecular formula is C13H7ClFN2. The van der Waals surface area contributed by atoms with Crippen LogP contribution in [0.25, 0.3) is 16.9 Å². The van der Waals surface area contributed by atoms with E-state index in [1.807, 2.05) is 6.07 Å². The minimum atomic E-state index is -0.284. The number of rotatable bonds is 1. The van der Waals surface area contributed by atoms with Gasteiger partial charge in [-0.2, -0.15) is 0 Å². The molecule has 3 rings (SSSR count). The number of fused-ring (bicyclic) bond motifs is 1. The third kappa shape index (κ3) is 1.78. The highest BCUT2D eigenvalue weighted by atomic mass is 35.5. The molecule has 0 spiro atoms. The van der Waals surface area contributed by atoms with E-state index in [-0.39, 0.29) is 5.82 Å². The van der Waals surface area contributed by atoms with E-state index in [1.165, 1.54) is 12.1 Å². The Morgan fingerprint density at radius 3 is 2.94 bits per heavy atom. The molecule has 0 atom stereocenters. The molecule has 1 radical (unpaired) electrons. The van der Waals surface area contributed by atoms with Gasteiger partial charge < -0.3 is 0 Å². The van der Waals surface area contributed by atoms with Gasteiger partial charge in [0, 0.05) is 11.8 Å². The molecule has 3 aromatic rings. The molecule has 1 aromatic carbocycles. The van der Waals surface area contributed by atoms with Gasteiger partial charge in [-0.05, 0) is 24.3 Å². The summed E-state index contributed by atoms with van der Waals surface area (Å²) in [4.78, 5) is 4.12. The number of halogens is 2. The van der Waals surface area contributed by atoms with Crippen molar-refractivity contribution in [2.45, 2.75) is 0 Å². The van der Waals surface area contributed by atoms with Crippen molar-refractivity contribution in [2.75, 3.05) is 0 Å². The SMILES string of the molecule is Fc1cccc(-c2[c]nc3ccc(Cl)cn23)c1. The van der Waals surface area contributed by atoms with E-state index in [4.69, 9.17) is 11.6 Å². The molecule has 0 aliphatic rings. The third-order valence-corrected chi connectivity index (χ3v) is 2.73. The van der Waals surface area contributed by atoms with Crippen molar-refractivity contribution in [2.24, 2.45) is 0 Å². The van der Waals surface area contributed by atoms with Crippen molar-refractivity contribution in [1.82, 2.24) is 9.38 Å². The summed E-state index contributed by atoms with van der Waals surface area (Å²) in [5.41, 5.74) is 2.15. The zero-order chi connectivity index (χ0) is 11.8. The second kappa shape index (κ2) is 3.86. The van der Waals surface area contributed by atoms with Crippen LogP contribution in [0.5, 0.6) is 0 Å². The largest absolute Gasteiger partial charge is 0.297 e. The molecule has 2 nitrogen and oxygen atoms in total. The second-order valence-corrected chi connectivity index (χ2v) is 4.09. The first kappa shape index (κ1) is 10.3. The molecule has 2 heterocycles. The van der Waals surface area contributed by atoms with Crippen molar-refractivity contribution < 1.29 is 4.39 Å². The predicted octanol–water partition coefficient (Wildman–Crippen LogP) is 3.59. The maximum atomic E-state index is 13.2. The Kier molecular flexibility index (Phi) is 2.34. The highest BCUT2D eigenvalue weighted by Gasteiger charge is 2.07. The van der Waals surface area contributed by atoms with Crippen LogP contribution in [0.4, 0.5) is 4.39 Å². The lowest BCUT2D eigenvalue weighted by molar-refractivity contribution is 0.628. The van der Waals surface area contributed by atoms with Crippen molar-refractivity contribution in [3.63, 3.8) is 0 Å². The van der Waals surface area contributed by atoms with E-state index in [1.54, 1.807) is 28.8 Å². The normalized spacial score (nSPS) is 10.9. The van der Waals surface area contributed by atoms with Crippen LogP contribution in [-0.4, -0.2) is 9.38 Å². The van der Waals surface area contributed by atoms with Crippen molar-refractivity contribution in [3.8, 4) is 11.3 Å². The fourth-order valence-electron chi connectivity index (χ4n) is 1.74. The summed E-state index contributed by atoms with van der Waals surface area (Å²) in [7, 11) is 0. The van der Waals surface area contributed by atoms with Gasteiger partial charge in [0.2, 0.25) is 0 Å². The highest BCUT2D eigenvalue weighted by molar-refractivity contribution is 6.30. The number of benzene rings is 1. The molecular weight excluding hydrogens is 239 g/mol. The van der Waals surface area contributed by atoms with Crippen LogP contribution in [0.1, 0.15) is 0 Å². The van der Waals surface area contributed by atoms with E-state index in [2.05, 4.69) is 11.2 Å². The standard InChI is InChI=1S/C13H7ClFN2/c14-10-4-5-13-16-7-12(17(13)8-10)9-2-1-3-11(15)6-9/h1-6,8H. The average Bonchev–Trinajstić information content (AvgIpc) is 2.71. The first-order chi connectivity index (χ1) is 8.24. The minimum Gasteiger partial charge on any atom is -0.297 e. The van der Waals surface area contributed by atoms with Crippen LogP contribution in [0.15, 0.2) is 42.6 Å². The van der Waals surface area contributed by atoms with Crippen molar-refractivity contribution in [1.29, 1.82) is 0 Å². The van der Waals surface area contributed by atoms with Gasteiger partial charge in [0.1, 0.15) is 17.7 Å². The Labute approximate surface area is 102 Å². The highest BCUT2D eigenvalue weighted by Crippen LogP contribution is 2.22. The van der Waals surface area contributed by atoms with E-state index >= 15 is 0 Å². The first-order valence-electron chi connectivity index (χ1n) is 5.05. The van der Waals surface area contributed by atoms with Gasteiger partial charge >= 0.3 is 0 Å². The zero-order valence-corrected chi connectivity index (χ0v) is 9.45. The molecule has 0 unspecified atom stereocenters. The smallest absolute Gasteiger partial charge is 0.138 e. The molecule has 0 N–H and O–H groups in total. The Morgan fingerprint density at radius 1 is 1.24 bits per heavy atom. The summed E-state index contributed by atoms with van der Waals surface area (Å²) in [5, 5.41) is 0.599. The molecule has 0 saturated carbocycles. The first-order valence-corrected chi connectivity index (χ1v) is 5.43. The molecule has 0 bridgehead atoms. The molecule has 0 aliphatic heterocycles. The molecule has 0 amide bonds. The van der Waals surface area contributed by atoms with E-state index < -0.39 is 0 Å². The topological polar surface area (TPSA) is 17.3 Å². The predicted molar refractivity (Wildman–Crippen MR) is 64.4 cm³/mol. The molecule has 17 heavy (non-hydrogen) atoms. The third-order valence-electron chi connectivity index (χ3n) is 2.51. The maximum absolute atomic E-state index is 13.2. The van der Waals surface area contributed by atoms with Gasteiger partial charge in [0.15, 0.2) is 0 Å². The number of hydrogen-bond acceptors (Lipinski definition) is 1. The Hall–Kier alpha value is -1.87. The second-order valence-electron chi connectivity index (χ2n) is 3.66. The van der Waals surface area contributed by atoms with Crippen molar-refractivity contribution >= 4 is 17.2 Å². The summed E-state index contributed by atoms with van der Waals surface area (Å²) in [6.45, 7) is 0. The van der Waals surface area contributed by atoms with Crippen LogP contribution in [0.3, 0.4) is 0 Å². The summed E-state index contributed by atoms with van der Waals surface area (Å²) in [6, 6.07) is 9.86. The number of aromatic nitrogens is 2. The number of imidazole rings is 1. The monoisotopic (exact) mass is 245 g/mol. The fourth-order valence-corrected chi connectivity index (χ4v) is 1.90. The van der Waals surface area contributed by atoms with E-state index in [0.717, 1.165) is 11.2 Å². The van der Waals surface area contributed by atoms with E-state index in [0.29, 0.717) is 10.7 Å². The Bertz CT molecular complexity index is 691. The van der Waals surface area contributed by atoms with Crippen LogP contribution in [-0.2, 0) is 0 Å². The quantitative estimate of drug-likeness (QED) is 0.640. The molecule has 2 aromatic heterocycles. The lowest BCUT2D eigenvalue weighted by atomic mass is 10.1. The summed E-state index contributed by atoms with van der Waals surface area (Å²) in [6.07, 6.45) is 4.61. The van der Waals surface area contributed by atoms with Crippen LogP contribution in [0, 0.1) is 12.0 Å². The molecule has 0 saturated heterocycles.